The van der Waals surface area contributed by atoms with Crippen molar-refractivity contribution >= 4 is 39.0 Å². The fraction of sp³-hybridized carbons (Fsp3) is 0.0750. The van der Waals surface area contributed by atoms with E-state index in [1.165, 1.54) is 16.8 Å². The van der Waals surface area contributed by atoms with Crippen molar-refractivity contribution in [3.63, 3.8) is 0 Å². The van der Waals surface area contributed by atoms with E-state index in [0.29, 0.717) is 21.9 Å². The van der Waals surface area contributed by atoms with Gasteiger partial charge in [0.1, 0.15) is 11.2 Å². The number of rotatable bonds is 2. The standard InChI is InChI=1S/C40H27NO3/c1-40(2)30-12-4-5-14-32(30)41-33-19-17-27(23-37(33)44-36-16-8-13-31(40)38(36)41)25-10-7-9-24(21-25)26-18-20-35-29(22-26)39(42)28-11-3-6-15-34(28)43-35/h3-23H,1-2H3. The smallest absolute Gasteiger partial charge is 0.200 e. The molecule has 2 aliphatic heterocycles. The molecule has 4 nitrogen and oxygen atoms in total. The van der Waals surface area contributed by atoms with E-state index < -0.39 is 0 Å². The Labute approximate surface area is 254 Å². The zero-order valence-electron chi connectivity index (χ0n) is 24.3. The van der Waals surface area contributed by atoms with E-state index in [0.717, 1.165) is 45.1 Å². The van der Waals surface area contributed by atoms with E-state index in [2.05, 4.69) is 104 Å². The van der Waals surface area contributed by atoms with Gasteiger partial charge >= 0.3 is 0 Å². The Morgan fingerprint density at radius 3 is 2.11 bits per heavy atom. The monoisotopic (exact) mass is 569 g/mol. The third-order valence-corrected chi connectivity index (χ3v) is 9.24. The average molecular weight is 570 g/mol. The Balaban J connectivity index is 1.14. The molecule has 2 aliphatic rings. The summed E-state index contributed by atoms with van der Waals surface area (Å²) in [4.78, 5) is 15.7. The topological polar surface area (TPSA) is 42.7 Å². The second-order valence-electron chi connectivity index (χ2n) is 12.1. The quantitative estimate of drug-likeness (QED) is 0.194. The van der Waals surface area contributed by atoms with Crippen molar-refractivity contribution in [1.29, 1.82) is 0 Å². The fourth-order valence-electron chi connectivity index (χ4n) is 6.99. The summed E-state index contributed by atoms with van der Waals surface area (Å²) < 4.78 is 12.7. The highest BCUT2D eigenvalue weighted by atomic mass is 16.5. The van der Waals surface area contributed by atoms with Gasteiger partial charge in [-0.05, 0) is 88.0 Å². The summed E-state index contributed by atoms with van der Waals surface area (Å²) in [5.74, 6) is 1.69. The van der Waals surface area contributed by atoms with Gasteiger partial charge in [0.2, 0.25) is 5.43 Å². The van der Waals surface area contributed by atoms with Gasteiger partial charge in [-0.15, -0.1) is 0 Å². The van der Waals surface area contributed by atoms with Crippen LogP contribution in [0.25, 0.3) is 44.2 Å². The minimum atomic E-state index is -0.142. The van der Waals surface area contributed by atoms with Crippen LogP contribution in [0.2, 0.25) is 0 Å². The van der Waals surface area contributed by atoms with Crippen LogP contribution in [0, 0.1) is 0 Å². The molecule has 4 heteroatoms. The zero-order valence-corrected chi connectivity index (χ0v) is 24.3. The molecule has 0 saturated heterocycles. The molecule has 0 spiro atoms. The van der Waals surface area contributed by atoms with Crippen LogP contribution in [-0.4, -0.2) is 0 Å². The summed E-state index contributed by atoms with van der Waals surface area (Å²) in [6.07, 6.45) is 0. The molecule has 1 aromatic heterocycles. The minimum Gasteiger partial charge on any atom is -0.456 e. The second-order valence-corrected chi connectivity index (χ2v) is 12.1. The highest BCUT2D eigenvalue weighted by molar-refractivity contribution is 5.95. The van der Waals surface area contributed by atoms with Gasteiger partial charge in [0, 0.05) is 5.41 Å². The molecule has 0 unspecified atom stereocenters. The Morgan fingerprint density at radius 1 is 0.545 bits per heavy atom. The molecule has 0 amide bonds. The summed E-state index contributed by atoms with van der Waals surface area (Å²) in [6, 6.07) is 43.1. The van der Waals surface area contributed by atoms with Crippen molar-refractivity contribution in [3.05, 3.63) is 149 Å². The van der Waals surface area contributed by atoms with E-state index in [-0.39, 0.29) is 10.8 Å². The molecule has 0 radical (unpaired) electrons. The lowest BCUT2D eigenvalue weighted by atomic mass is 9.73. The van der Waals surface area contributed by atoms with Gasteiger partial charge in [-0.2, -0.15) is 0 Å². The number of hydrogen-bond donors (Lipinski definition) is 0. The van der Waals surface area contributed by atoms with Crippen LogP contribution in [0.3, 0.4) is 0 Å². The predicted octanol–water partition coefficient (Wildman–Crippen LogP) is 10.5. The van der Waals surface area contributed by atoms with Gasteiger partial charge in [-0.25, -0.2) is 0 Å². The summed E-state index contributed by atoms with van der Waals surface area (Å²) in [5.41, 5.74) is 11.0. The van der Waals surface area contributed by atoms with Crippen LogP contribution in [0.5, 0.6) is 11.5 Å². The lowest BCUT2D eigenvalue weighted by Gasteiger charge is -2.44. The molecule has 0 aliphatic carbocycles. The number of benzene rings is 6. The first-order chi connectivity index (χ1) is 21.5. The molecule has 6 aromatic carbocycles. The lowest BCUT2D eigenvalue weighted by molar-refractivity contribution is 0.471. The molecular formula is C40H27NO3. The first-order valence-electron chi connectivity index (χ1n) is 14.9. The second kappa shape index (κ2) is 8.95. The number of hydrogen-bond acceptors (Lipinski definition) is 4. The van der Waals surface area contributed by atoms with Gasteiger partial charge in [-0.3, -0.25) is 4.79 Å². The van der Waals surface area contributed by atoms with Crippen LogP contribution in [0.4, 0.5) is 17.1 Å². The van der Waals surface area contributed by atoms with Crippen molar-refractivity contribution in [2.75, 3.05) is 4.90 Å². The maximum Gasteiger partial charge on any atom is 0.200 e. The maximum absolute atomic E-state index is 13.3. The molecule has 0 bridgehead atoms. The van der Waals surface area contributed by atoms with Crippen molar-refractivity contribution in [3.8, 4) is 33.8 Å². The Bertz CT molecular complexity index is 2380. The summed E-state index contributed by atoms with van der Waals surface area (Å²) in [5, 5.41) is 1.17. The molecule has 44 heavy (non-hydrogen) atoms. The summed E-state index contributed by atoms with van der Waals surface area (Å²) in [6.45, 7) is 4.57. The molecule has 9 rings (SSSR count). The third-order valence-electron chi connectivity index (χ3n) is 9.24. The van der Waals surface area contributed by atoms with Gasteiger partial charge < -0.3 is 14.1 Å². The van der Waals surface area contributed by atoms with E-state index in [9.17, 15) is 4.79 Å². The normalized spacial score (nSPS) is 14.1. The van der Waals surface area contributed by atoms with Gasteiger partial charge in [-0.1, -0.05) is 86.6 Å². The van der Waals surface area contributed by atoms with Crippen molar-refractivity contribution in [2.45, 2.75) is 19.3 Å². The van der Waals surface area contributed by atoms with E-state index in [1.54, 1.807) is 0 Å². The van der Waals surface area contributed by atoms with Crippen LogP contribution in [0.15, 0.2) is 137 Å². The first kappa shape index (κ1) is 24.9. The molecule has 3 heterocycles. The van der Waals surface area contributed by atoms with E-state index in [1.807, 2.05) is 42.5 Å². The number of anilines is 3. The number of fused-ring (bicyclic) bond motifs is 6. The van der Waals surface area contributed by atoms with E-state index >= 15 is 0 Å². The Kier molecular flexibility index (Phi) is 5.07. The number of ether oxygens (including phenoxy) is 1. The van der Waals surface area contributed by atoms with Gasteiger partial charge in [0.15, 0.2) is 11.5 Å². The number of para-hydroxylation sites is 3. The van der Waals surface area contributed by atoms with Crippen molar-refractivity contribution in [1.82, 2.24) is 0 Å². The van der Waals surface area contributed by atoms with Gasteiger partial charge in [0.25, 0.3) is 0 Å². The fourth-order valence-corrected chi connectivity index (χ4v) is 6.99. The lowest BCUT2D eigenvalue weighted by Crippen LogP contribution is -2.32. The van der Waals surface area contributed by atoms with Crippen LogP contribution >= 0.6 is 0 Å². The first-order valence-corrected chi connectivity index (χ1v) is 14.9. The molecular weight excluding hydrogens is 542 g/mol. The minimum absolute atomic E-state index is 0.0159. The van der Waals surface area contributed by atoms with Gasteiger partial charge in [0.05, 0.1) is 27.8 Å². The Hall–Kier alpha value is -5.61. The summed E-state index contributed by atoms with van der Waals surface area (Å²) in [7, 11) is 0. The molecule has 0 N–H and O–H groups in total. The van der Waals surface area contributed by atoms with E-state index in [4.69, 9.17) is 9.15 Å². The van der Waals surface area contributed by atoms with Crippen molar-refractivity contribution < 1.29 is 9.15 Å². The Morgan fingerprint density at radius 2 is 1.23 bits per heavy atom. The zero-order chi connectivity index (χ0) is 29.6. The molecule has 0 saturated carbocycles. The highest BCUT2D eigenvalue weighted by Gasteiger charge is 2.41. The number of nitrogens with zero attached hydrogens (tertiary/aromatic N) is 1. The third kappa shape index (κ3) is 3.48. The predicted molar refractivity (Wildman–Crippen MR) is 178 cm³/mol. The van der Waals surface area contributed by atoms with Crippen LogP contribution in [-0.2, 0) is 5.41 Å². The molecule has 0 atom stereocenters. The summed E-state index contributed by atoms with van der Waals surface area (Å²) >= 11 is 0. The molecule has 0 fully saturated rings. The van der Waals surface area contributed by atoms with Crippen LogP contribution < -0.4 is 15.1 Å². The SMILES string of the molecule is CC1(C)c2ccccc2N2c3ccc(-c4cccc(-c5ccc6oc7ccccc7c(=O)c6c5)c4)cc3Oc3cccc1c32. The molecule has 7 aromatic rings. The molecule has 210 valence electrons. The highest BCUT2D eigenvalue weighted by Crippen LogP contribution is 2.59. The van der Waals surface area contributed by atoms with Crippen molar-refractivity contribution in [2.24, 2.45) is 0 Å². The average Bonchev–Trinajstić information content (AvgIpc) is 3.06. The largest absolute Gasteiger partial charge is 0.456 e. The maximum atomic E-state index is 13.3. The van der Waals surface area contributed by atoms with Crippen LogP contribution in [0.1, 0.15) is 25.0 Å².